The Morgan fingerprint density at radius 3 is 2.77 bits per heavy atom. The van der Waals surface area contributed by atoms with Gasteiger partial charge in [-0.15, -0.1) is 0 Å². The number of benzene rings is 1. The van der Waals surface area contributed by atoms with E-state index in [-0.39, 0.29) is 18.3 Å². The summed E-state index contributed by atoms with van der Waals surface area (Å²) >= 11 is 1.96. The molecule has 1 amide bonds. The van der Waals surface area contributed by atoms with Crippen molar-refractivity contribution < 1.29 is 9.18 Å². The summed E-state index contributed by atoms with van der Waals surface area (Å²) in [5.74, 6) is -0.361. The Bertz CT molecular complexity index is 303. The van der Waals surface area contributed by atoms with Crippen molar-refractivity contribution in [2.45, 2.75) is 6.54 Å². The maximum Gasteiger partial charge on any atom is 0.230 e. The standard InChI is InChI=1S/C9H9FINO/c10-8-4-2-1-3-7(8)6-12-9(13)5-11/h1-4H,5-6H2,(H,12,13). The largest absolute Gasteiger partial charge is 0.351 e. The molecule has 0 heterocycles. The zero-order chi connectivity index (χ0) is 9.68. The predicted octanol–water partition coefficient (Wildman–Crippen LogP) is 1.88. The molecule has 0 bridgehead atoms. The Kier molecular flexibility index (Phi) is 4.14. The minimum absolute atomic E-state index is 0.0798. The van der Waals surface area contributed by atoms with Crippen LogP contribution in [-0.2, 0) is 11.3 Å². The van der Waals surface area contributed by atoms with Crippen molar-refractivity contribution in [2.75, 3.05) is 4.43 Å². The van der Waals surface area contributed by atoms with Gasteiger partial charge in [-0.2, -0.15) is 0 Å². The summed E-state index contributed by atoms with van der Waals surface area (Å²) in [6.07, 6.45) is 0. The Morgan fingerprint density at radius 1 is 1.46 bits per heavy atom. The van der Waals surface area contributed by atoms with Crippen LogP contribution in [0.25, 0.3) is 0 Å². The normalized spacial score (nSPS) is 9.69. The molecule has 1 rings (SSSR count). The molecule has 0 spiro atoms. The average Bonchev–Trinajstić information content (AvgIpc) is 2.16. The smallest absolute Gasteiger partial charge is 0.230 e. The molecule has 4 heteroatoms. The van der Waals surface area contributed by atoms with Crippen molar-refractivity contribution in [2.24, 2.45) is 0 Å². The molecule has 13 heavy (non-hydrogen) atoms. The number of carbonyl (C=O) groups is 1. The SMILES string of the molecule is O=C(CI)NCc1ccccc1F. The fraction of sp³-hybridized carbons (Fsp3) is 0.222. The van der Waals surface area contributed by atoms with Crippen LogP contribution in [0.4, 0.5) is 4.39 Å². The highest BCUT2D eigenvalue weighted by Gasteiger charge is 2.01. The van der Waals surface area contributed by atoms with Gasteiger partial charge in [0.15, 0.2) is 0 Å². The van der Waals surface area contributed by atoms with E-state index >= 15 is 0 Å². The summed E-state index contributed by atoms with van der Waals surface area (Å²) in [6.45, 7) is 0.258. The van der Waals surface area contributed by atoms with E-state index in [1.54, 1.807) is 18.2 Å². The molecule has 0 aromatic heterocycles. The second-order valence-electron chi connectivity index (χ2n) is 2.50. The molecule has 0 saturated heterocycles. The first-order valence-electron chi connectivity index (χ1n) is 3.80. The maximum absolute atomic E-state index is 13.0. The van der Waals surface area contributed by atoms with Crippen molar-refractivity contribution in [1.82, 2.24) is 5.32 Å². The molecule has 2 nitrogen and oxygen atoms in total. The Morgan fingerprint density at radius 2 is 2.15 bits per heavy atom. The fourth-order valence-electron chi connectivity index (χ4n) is 0.883. The number of rotatable bonds is 3. The third-order valence-corrected chi connectivity index (χ3v) is 2.25. The lowest BCUT2D eigenvalue weighted by Crippen LogP contribution is -2.23. The molecular formula is C9H9FINO. The van der Waals surface area contributed by atoms with E-state index in [0.717, 1.165) is 0 Å². The lowest BCUT2D eigenvalue weighted by molar-refractivity contribution is -0.118. The Hall–Kier alpha value is -0.650. The van der Waals surface area contributed by atoms with Gasteiger partial charge in [-0.1, -0.05) is 40.8 Å². The van der Waals surface area contributed by atoms with Crippen LogP contribution < -0.4 is 5.32 Å². The van der Waals surface area contributed by atoms with E-state index in [1.807, 2.05) is 22.6 Å². The highest BCUT2D eigenvalue weighted by molar-refractivity contribution is 14.1. The maximum atomic E-state index is 13.0. The Labute approximate surface area is 89.7 Å². The molecule has 0 unspecified atom stereocenters. The van der Waals surface area contributed by atoms with Crippen molar-refractivity contribution in [3.63, 3.8) is 0 Å². The molecule has 0 aliphatic carbocycles. The third kappa shape index (κ3) is 3.30. The molecule has 1 N–H and O–H groups in total. The zero-order valence-electron chi connectivity index (χ0n) is 6.89. The summed E-state index contributed by atoms with van der Waals surface area (Å²) in [7, 11) is 0. The van der Waals surface area contributed by atoms with Gasteiger partial charge in [-0.3, -0.25) is 4.79 Å². The number of alkyl halides is 1. The first-order valence-corrected chi connectivity index (χ1v) is 5.32. The zero-order valence-corrected chi connectivity index (χ0v) is 9.05. The average molecular weight is 293 g/mol. The summed E-state index contributed by atoms with van der Waals surface area (Å²) in [4.78, 5) is 10.9. The van der Waals surface area contributed by atoms with Crippen molar-refractivity contribution >= 4 is 28.5 Å². The highest BCUT2D eigenvalue weighted by atomic mass is 127. The van der Waals surface area contributed by atoms with E-state index in [4.69, 9.17) is 0 Å². The quantitative estimate of drug-likeness (QED) is 0.669. The number of amides is 1. The minimum Gasteiger partial charge on any atom is -0.351 e. The summed E-state index contributed by atoms with van der Waals surface area (Å²) < 4.78 is 13.4. The van der Waals surface area contributed by atoms with Crippen LogP contribution in [0.2, 0.25) is 0 Å². The topological polar surface area (TPSA) is 29.1 Å². The van der Waals surface area contributed by atoms with Crippen molar-refractivity contribution in [3.05, 3.63) is 35.6 Å². The first-order chi connectivity index (χ1) is 6.24. The number of carbonyl (C=O) groups excluding carboxylic acids is 1. The van der Waals surface area contributed by atoms with E-state index in [2.05, 4.69) is 5.32 Å². The van der Waals surface area contributed by atoms with Crippen LogP contribution in [0.5, 0.6) is 0 Å². The molecule has 0 aliphatic heterocycles. The summed E-state index contributed by atoms with van der Waals surface area (Å²) in [5, 5.41) is 2.60. The van der Waals surface area contributed by atoms with Crippen LogP contribution >= 0.6 is 22.6 Å². The lowest BCUT2D eigenvalue weighted by atomic mass is 10.2. The second-order valence-corrected chi connectivity index (χ2v) is 3.26. The van der Waals surface area contributed by atoms with E-state index < -0.39 is 0 Å². The molecule has 0 radical (unpaired) electrons. The molecule has 0 atom stereocenters. The number of hydrogen-bond donors (Lipinski definition) is 1. The van der Waals surface area contributed by atoms with Gasteiger partial charge in [0.1, 0.15) is 5.82 Å². The van der Waals surface area contributed by atoms with Gasteiger partial charge in [-0.05, 0) is 6.07 Å². The molecule has 0 fully saturated rings. The van der Waals surface area contributed by atoms with Crippen LogP contribution in [0.15, 0.2) is 24.3 Å². The van der Waals surface area contributed by atoms with Gasteiger partial charge in [0.2, 0.25) is 5.91 Å². The van der Waals surface area contributed by atoms with Crippen molar-refractivity contribution in [3.8, 4) is 0 Å². The highest BCUT2D eigenvalue weighted by Crippen LogP contribution is 2.05. The molecule has 1 aromatic rings. The molecule has 70 valence electrons. The molecule has 0 aliphatic rings. The molecule has 0 saturated carbocycles. The second kappa shape index (κ2) is 5.16. The van der Waals surface area contributed by atoms with E-state index in [0.29, 0.717) is 9.99 Å². The minimum atomic E-state index is -0.281. The van der Waals surface area contributed by atoms with Gasteiger partial charge in [-0.25, -0.2) is 4.39 Å². The lowest BCUT2D eigenvalue weighted by Gasteiger charge is -2.03. The molecule has 1 aromatic carbocycles. The van der Waals surface area contributed by atoms with E-state index in [1.165, 1.54) is 6.07 Å². The van der Waals surface area contributed by atoms with Crippen LogP contribution in [0.1, 0.15) is 5.56 Å². The molecular weight excluding hydrogens is 284 g/mol. The van der Waals surface area contributed by atoms with Crippen LogP contribution in [0.3, 0.4) is 0 Å². The van der Waals surface area contributed by atoms with Gasteiger partial charge in [0.05, 0.1) is 4.43 Å². The first kappa shape index (κ1) is 10.4. The fourth-order valence-corrected chi connectivity index (χ4v) is 1.15. The summed E-state index contributed by atoms with van der Waals surface area (Å²) in [6, 6.07) is 6.40. The van der Waals surface area contributed by atoms with Gasteiger partial charge >= 0.3 is 0 Å². The van der Waals surface area contributed by atoms with E-state index in [9.17, 15) is 9.18 Å². The monoisotopic (exact) mass is 293 g/mol. The number of hydrogen-bond acceptors (Lipinski definition) is 1. The van der Waals surface area contributed by atoms with Gasteiger partial charge in [0.25, 0.3) is 0 Å². The Balaban J connectivity index is 2.54. The van der Waals surface area contributed by atoms with Crippen LogP contribution in [0, 0.1) is 5.82 Å². The summed E-state index contributed by atoms with van der Waals surface area (Å²) in [5.41, 5.74) is 0.515. The van der Waals surface area contributed by atoms with Gasteiger partial charge in [0, 0.05) is 12.1 Å². The predicted molar refractivity (Wildman–Crippen MR) is 57.1 cm³/mol. The number of halogens is 2. The number of nitrogens with one attached hydrogen (secondary N) is 1. The van der Waals surface area contributed by atoms with Crippen LogP contribution in [-0.4, -0.2) is 10.3 Å². The van der Waals surface area contributed by atoms with Crippen molar-refractivity contribution in [1.29, 1.82) is 0 Å². The van der Waals surface area contributed by atoms with Gasteiger partial charge < -0.3 is 5.32 Å². The third-order valence-electron chi connectivity index (χ3n) is 1.56.